The lowest BCUT2D eigenvalue weighted by Crippen LogP contribution is -2.35. The van der Waals surface area contributed by atoms with Gasteiger partial charge < -0.3 is 15.2 Å². The fraction of sp³-hybridized carbons (Fsp3) is 0.250. The number of hydrogen-bond donors (Lipinski definition) is 2. The molecule has 1 saturated heterocycles. The van der Waals surface area contributed by atoms with Crippen LogP contribution in [0.15, 0.2) is 72.8 Å². The number of aromatic carboxylic acids is 1. The maximum absolute atomic E-state index is 13.9. The highest BCUT2D eigenvalue weighted by atomic mass is 16.6. The zero-order chi connectivity index (χ0) is 24.9. The number of benzene rings is 3. The molecule has 3 aromatic carbocycles. The van der Waals surface area contributed by atoms with Crippen molar-refractivity contribution in [2.45, 2.75) is 38.8 Å². The summed E-state index contributed by atoms with van der Waals surface area (Å²) in [7, 11) is 0. The summed E-state index contributed by atoms with van der Waals surface area (Å²) in [5.74, 6) is -1.38. The molecule has 1 fully saturated rings. The number of anilines is 1. The topological polar surface area (TPSA) is 95.9 Å². The molecule has 35 heavy (non-hydrogen) atoms. The van der Waals surface area contributed by atoms with Crippen LogP contribution in [0.1, 0.15) is 69.3 Å². The van der Waals surface area contributed by atoms with E-state index < -0.39 is 24.0 Å². The Morgan fingerprint density at radius 1 is 1.06 bits per heavy atom. The second kappa shape index (κ2) is 10.4. The zero-order valence-corrected chi connectivity index (χ0v) is 19.7. The van der Waals surface area contributed by atoms with Gasteiger partial charge in [0.25, 0.3) is 5.91 Å². The number of amides is 2. The van der Waals surface area contributed by atoms with Crippen LogP contribution >= 0.6 is 0 Å². The number of carboxylic acids is 1. The molecule has 1 heterocycles. The third kappa shape index (κ3) is 5.04. The Morgan fingerprint density at radius 2 is 1.77 bits per heavy atom. The highest BCUT2D eigenvalue weighted by Crippen LogP contribution is 2.34. The molecule has 0 radical (unpaired) electrons. The molecule has 3 aromatic rings. The van der Waals surface area contributed by atoms with E-state index in [9.17, 15) is 19.5 Å². The average molecular weight is 473 g/mol. The van der Waals surface area contributed by atoms with Crippen molar-refractivity contribution < 1.29 is 24.2 Å². The van der Waals surface area contributed by atoms with Gasteiger partial charge in [-0.05, 0) is 54.3 Å². The second-order valence-electron chi connectivity index (χ2n) is 8.59. The molecule has 1 aliphatic heterocycles. The van der Waals surface area contributed by atoms with Crippen molar-refractivity contribution in [3.8, 4) is 0 Å². The first-order valence-electron chi connectivity index (χ1n) is 11.6. The minimum Gasteiger partial charge on any atom is -0.478 e. The van der Waals surface area contributed by atoms with E-state index in [1.165, 1.54) is 4.90 Å². The van der Waals surface area contributed by atoms with E-state index >= 15 is 0 Å². The molecule has 0 aliphatic carbocycles. The third-order valence-corrected chi connectivity index (χ3v) is 6.22. The Balaban J connectivity index is 1.70. The Morgan fingerprint density at radius 3 is 2.43 bits per heavy atom. The average Bonchev–Trinajstić information content (AvgIpc) is 3.25. The second-order valence-corrected chi connectivity index (χ2v) is 8.59. The van der Waals surface area contributed by atoms with Crippen molar-refractivity contribution in [2.24, 2.45) is 0 Å². The Labute approximate surface area is 204 Å². The van der Waals surface area contributed by atoms with Gasteiger partial charge in [-0.3, -0.25) is 4.79 Å². The number of cyclic esters (lactones) is 1. The summed E-state index contributed by atoms with van der Waals surface area (Å²) in [4.78, 5) is 39.0. The highest BCUT2D eigenvalue weighted by Gasteiger charge is 2.40. The van der Waals surface area contributed by atoms with E-state index in [1.807, 2.05) is 55.5 Å². The summed E-state index contributed by atoms with van der Waals surface area (Å²) in [6.45, 7) is 4.03. The molecule has 4 rings (SSSR count). The number of carbonyl (C=O) groups is 3. The van der Waals surface area contributed by atoms with Gasteiger partial charge in [-0.25, -0.2) is 14.5 Å². The summed E-state index contributed by atoms with van der Waals surface area (Å²) >= 11 is 0. The number of carboxylic acid groups (broad SMARTS) is 1. The van der Waals surface area contributed by atoms with E-state index in [4.69, 9.17) is 4.74 Å². The molecular weight excluding hydrogens is 444 g/mol. The van der Waals surface area contributed by atoms with Gasteiger partial charge in [0.2, 0.25) is 0 Å². The number of nitrogens with zero attached hydrogens (tertiary/aromatic N) is 1. The van der Waals surface area contributed by atoms with E-state index in [-0.39, 0.29) is 18.2 Å². The molecule has 7 heteroatoms. The summed E-state index contributed by atoms with van der Waals surface area (Å²) < 4.78 is 5.29. The maximum atomic E-state index is 13.9. The van der Waals surface area contributed by atoms with Crippen LogP contribution < -0.4 is 5.32 Å². The highest BCUT2D eigenvalue weighted by molar-refractivity contribution is 6.06. The van der Waals surface area contributed by atoms with Gasteiger partial charge in [0, 0.05) is 11.3 Å². The van der Waals surface area contributed by atoms with Crippen LogP contribution in [0.3, 0.4) is 0 Å². The van der Waals surface area contributed by atoms with Crippen LogP contribution in [0, 0.1) is 6.92 Å². The predicted molar refractivity (Wildman–Crippen MR) is 133 cm³/mol. The lowest BCUT2D eigenvalue weighted by atomic mass is 9.92. The van der Waals surface area contributed by atoms with Crippen molar-refractivity contribution in [1.29, 1.82) is 0 Å². The molecule has 0 spiro atoms. The van der Waals surface area contributed by atoms with Crippen LogP contribution in [0.5, 0.6) is 0 Å². The van der Waals surface area contributed by atoms with Gasteiger partial charge in [-0.2, -0.15) is 0 Å². The fourth-order valence-electron chi connectivity index (χ4n) is 4.46. The van der Waals surface area contributed by atoms with E-state index in [0.29, 0.717) is 5.56 Å². The smallest absolute Gasteiger partial charge is 0.417 e. The van der Waals surface area contributed by atoms with Crippen LogP contribution in [-0.4, -0.2) is 34.6 Å². The number of nitrogens with one attached hydrogen (secondary N) is 1. The largest absolute Gasteiger partial charge is 0.478 e. The molecule has 0 unspecified atom stereocenters. The lowest BCUT2D eigenvalue weighted by Gasteiger charge is -2.26. The molecule has 2 N–H and O–H groups in total. The number of ether oxygens (including phenoxy) is 1. The molecular formula is C28H28N2O5. The zero-order valence-electron chi connectivity index (χ0n) is 19.7. The third-order valence-electron chi connectivity index (χ3n) is 6.22. The number of rotatable bonds is 8. The Kier molecular flexibility index (Phi) is 7.15. The van der Waals surface area contributed by atoms with Crippen molar-refractivity contribution in [2.75, 3.05) is 11.9 Å². The van der Waals surface area contributed by atoms with Gasteiger partial charge >= 0.3 is 12.1 Å². The predicted octanol–water partition coefficient (Wildman–Crippen LogP) is 5.98. The van der Waals surface area contributed by atoms with Crippen LogP contribution in [0.2, 0.25) is 0 Å². The van der Waals surface area contributed by atoms with Crippen LogP contribution in [0.4, 0.5) is 10.5 Å². The summed E-state index contributed by atoms with van der Waals surface area (Å²) in [6, 6.07) is 20.9. The molecule has 7 nitrogen and oxygen atoms in total. The van der Waals surface area contributed by atoms with E-state index in [0.717, 1.165) is 35.2 Å². The fourth-order valence-corrected chi connectivity index (χ4v) is 4.46. The SMILES string of the molecule is CCC[C@H](Nc1ccc(C(=O)O)cc1)c1cccc(C)c1C(=O)N1C(=O)OC[C@@H]1c1ccccc1. The van der Waals surface area contributed by atoms with Crippen LogP contribution in [-0.2, 0) is 4.74 Å². The van der Waals surface area contributed by atoms with Gasteiger partial charge in [-0.1, -0.05) is 61.9 Å². The number of carbonyl (C=O) groups excluding carboxylic acids is 2. The van der Waals surface area contributed by atoms with E-state index in [2.05, 4.69) is 12.2 Å². The standard InChI is InChI=1S/C28H28N2O5/c1-3-8-23(29-21-15-13-20(14-16-21)27(32)33)22-12-7-9-18(2)25(22)26(31)30-24(17-35-28(30)34)19-10-5-4-6-11-19/h4-7,9-16,23-24,29H,3,8,17H2,1-2H3,(H,32,33)/t23-,24+/m0/s1. The van der Waals surface area contributed by atoms with Crippen molar-refractivity contribution in [3.05, 3.63) is 101 Å². The summed E-state index contributed by atoms with van der Waals surface area (Å²) in [6.07, 6.45) is 0.935. The molecule has 0 aromatic heterocycles. The molecule has 0 bridgehead atoms. The van der Waals surface area contributed by atoms with Gasteiger partial charge in [0.1, 0.15) is 12.6 Å². The van der Waals surface area contributed by atoms with Crippen LogP contribution in [0.25, 0.3) is 0 Å². The minimum absolute atomic E-state index is 0.113. The minimum atomic E-state index is -0.987. The Hall–Kier alpha value is -4.13. The monoisotopic (exact) mass is 472 g/mol. The molecule has 180 valence electrons. The van der Waals surface area contributed by atoms with Gasteiger partial charge in [0.15, 0.2) is 0 Å². The van der Waals surface area contributed by atoms with Crippen molar-refractivity contribution >= 4 is 23.7 Å². The number of imide groups is 1. The first kappa shape index (κ1) is 24.0. The number of aryl methyl sites for hydroxylation is 1. The number of hydrogen-bond acceptors (Lipinski definition) is 5. The lowest BCUT2D eigenvalue weighted by molar-refractivity contribution is 0.0695. The van der Waals surface area contributed by atoms with Gasteiger partial charge in [0.05, 0.1) is 11.6 Å². The molecule has 0 saturated carbocycles. The van der Waals surface area contributed by atoms with Crippen molar-refractivity contribution in [1.82, 2.24) is 4.90 Å². The van der Waals surface area contributed by atoms with E-state index in [1.54, 1.807) is 24.3 Å². The normalized spacial score (nSPS) is 16.0. The van der Waals surface area contributed by atoms with Gasteiger partial charge in [-0.15, -0.1) is 0 Å². The first-order valence-corrected chi connectivity index (χ1v) is 11.6. The summed E-state index contributed by atoms with van der Waals surface area (Å²) in [5.41, 5.74) is 3.81. The Bertz CT molecular complexity index is 1220. The quantitative estimate of drug-likeness (QED) is 0.419. The first-order chi connectivity index (χ1) is 16.9. The van der Waals surface area contributed by atoms with Crippen molar-refractivity contribution in [3.63, 3.8) is 0 Å². The molecule has 1 aliphatic rings. The maximum Gasteiger partial charge on any atom is 0.417 e. The molecule has 2 amide bonds. The molecule has 2 atom stereocenters. The summed E-state index contributed by atoms with van der Waals surface area (Å²) in [5, 5.41) is 12.6.